The second-order valence-corrected chi connectivity index (χ2v) is 5.62. The number of rotatable bonds is 1. The molecule has 104 valence electrons. The van der Waals surface area contributed by atoms with Gasteiger partial charge in [0, 0.05) is 5.56 Å². The second-order valence-electron chi connectivity index (χ2n) is 5.62. The summed E-state index contributed by atoms with van der Waals surface area (Å²) in [6.07, 6.45) is 4.75. The number of hydrogen-bond donors (Lipinski definition) is 1. The van der Waals surface area contributed by atoms with Gasteiger partial charge in [-0.05, 0) is 55.0 Å². The summed E-state index contributed by atoms with van der Waals surface area (Å²) >= 11 is 0. The molecule has 0 saturated heterocycles. The molecule has 1 aliphatic rings. The molecule has 1 aromatic heterocycles. The van der Waals surface area contributed by atoms with Crippen LogP contribution in [0.25, 0.3) is 22.3 Å². The third kappa shape index (κ3) is 2.15. The summed E-state index contributed by atoms with van der Waals surface area (Å²) in [4.78, 5) is 19.8. The fraction of sp³-hybridized carbons (Fsp3) is 0.222. The number of nitrogens with zero attached hydrogens (tertiary/aromatic N) is 1. The van der Waals surface area contributed by atoms with Crippen LogP contribution in [-0.2, 0) is 12.8 Å². The fourth-order valence-electron chi connectivity index (χ4n) is 3.11. The lowest BCUT2D eigenvalue weighted by atomic mass is 9.90. The highest BCUT2D eigenvalue weighted by Gasteiger charge is 2.13. The van der Waals surface area contributed by atoms with Crippen LogP contribution < -0.4 is 5.56 Å². The standard InChI is InChI=1S/C18H16N2O/c21-18-17(19-15-7-3-4-8-16(15)20-18)14-10-9-12-5-1-2-6-13(12)11-14/h3-4,7-11H,1-2,5-6H2,(H,20,21). The molecule has 0 fully saturated rings. The van der Waals surface area contributed by atoms with Gasteiger partial charge in [0.05, 0.1) is 11.0 Å². The maximum Gasteiger partial charge on any atom is 0.274 e. The van der Waals surface area contributed by atoms with Crippen molar-refractivity contribution < 1.29 is 0 Å². The van der Waals surface area contributed by atoms with Crippen LogP contribution >= 0.6 is 0 Å². The molecule has 0 radical (unpaired) electrons. The van der Waals surface area contributed by atoms with Gasteiger partial charge in [-0.15, -0.1) is 0 Å². The minimum Gasteiger partial charge on any atom is -0.319 e. The Morgan fingerprint density at radius 2 is 1.76 bits per heavy atom. The van der Waals surface area contributed by atoms with E-state index in [0.717, 1.165) is 29.4 Å². The molecular formula is C18H16N2O. The number of aromatic nitrogens is 2. The molecule has 0 amide bonds. The van der Waals surface area contributed by atoms with E-state index in [1.807, 2.05) is 30.3 Å². The SMILES string of the molecule is O=c1[nH]c2ccccc2nc1-c1ccc2c(c1)CCCC2. The van der Waals surface area contributed by atoms with Gasteiger partial charge in [-0.1, -0.05) is 24.3 Å². The van der Waals surface area contributed by atoms with Crippen molar-refractivity contribution in [2.75, 3.05) is 0 Å². The predicted molar refractivity (Wildman–Crippen MR) is 84.4 cm³/mol. The van der Waals surface area contributed by atoms with Crippen LogP contribution in [0, 0.1) is 0 Å². The Kier molecular flexibility index (Phi) is 2.85. The smallest absolute Gasteiger partial charge is 0.274 e. The number of nitrogens with one attached hydrogen (secondary N) is 1. The maximum absolute atomic E-state index is 12.3. The average Bonchev–Trinajstić information content (AvgIpc) is 2.54. The van der Waals surface area contributed by atoms with Crippen LogP contribution in [0.15, 0.2) is 47.3 Å². The quantitative estimate of drug-likeness (QED) is 0.739. The minimum absolute atomic E-state index is 0.121. The molecule has 1 aliphatic carbocycles. The molecule has 0 aliphatic heterocycles. The highest BCUT2D eigenvalue weighted by Crippen LogP contribution is 2.25. The number of aromatic amines is 1. The molecule has 1 heterocycles. The zero-order valence-electron chi connectivity index (χ0n) is 11.7. The summed E-state index contributed by atoms with van der Waals surface area (Å²) in [5.74, 6) is 0. The Morgan fingerprint density at radius 1 is 0.952 bits per heavy atom. The summed E-state index contributed by atoms with van der Waals surface area (Å²) in [6, 6.07) is 14.0. The topological polar surface area (TPSA) is 45.8 Å². The number of hydrogen-bond acceptors (Lipinski definition) is 2. The van der Waals surface area contributed by atoms with E-state index in [4.69, 9.17) is 0 Å². The Hall–Kier alpha value is -2.42. The number of H-pyrrole nitrogens is 1. The van der Waals surface area contributed by atoms with E-state index in [1.165, 1.54) is 24.0 Å². The van der Waals surface area contributed by atoms with Crippen molar-refractivity contribution in [3.05, 3.63) is 63.9 Å². The summed E-state index contributed by atoms with van der Waals surface area (Å²) in [6.45, 7) is 0. The molecule has 0 atom stereocenters. The van der Waals surface area contributed by atoms with Crippen LogP contribution in [0.4, 0.5) is 0 Å². The second kappa shape index (κ2) is 4.85. The lowest BCUT2D eigenvalue weighted by molar-refractivity contribution is 0.686. The minimum atomic E-state index is -0.121. The zero-order chi connectivity index (χ0) is 14.2. The van der Waals surface area contributed by atoms with Gasteiger partial charge in [0.2, 0.25) is 0 Å². The van der Waals surface area contributed by atoms with Gasteiger partial charge >= 0.3 is 0 Å². The summed E-state index contributed by atoms with van der Waals surface area (Å²) in [5.41, 5.74) is 5.71. The normalized spacial score (nSPS) is 14.1. The number of aryl methyl sites for hydroxylation is 2. The highest BCUT2D eigenvalue weighted by atomic mass is 16.1. The van der Waals surface area contributed by atoms with E-state index >= 15 is 0 Å². The van der Waals surface area contributed by atoms with Gasteiger partial charge in [-0.2, -0.15) is 0 Å². The Labute approximate surface area is 122 Å². The third-order valence-corrected chi connectivity index (χ3v) is 4.22. The first-order chi connectivity index (χ1) is 10.3. The lowest BCUT2D eigenvalue weighted by Crippen LogP contribution is -2.12. The van der Waals surface area contributed by atoms with Crippen molar-refractivity contribution in [3.8, 4) is 11.3 Å². The lowest BCUT2D eigenvalue weighted by Gasteiger charge is -2.16. The molecule has 3 heteroatoms. The number of benzene rings is 2. The van der Waals surface area contributed by atoms with Gasteiger partial charge in [0.1, 0.15) is 5.69 Å². The third-order valence-electron chi connectivity index (χ3n) is 4.22. The molecule has 2 aromatic carbocycles. The monoisotopic (exact) mass is 276 g/mol. The summed E-state index contributed by atoms with van der Waals surface area (Å²) < 4.78 is 0. The maximum atomic E-state index is 12.3. The van der Waals surface area contributed by atoms with Crippen molar-refractivity contribution in [1.29, 1.82) is 0 Å². The van der Waals surface area contributed by atoms with Crippen molar-refractivity contribution in [3.63, 3.8) is 0 Å². The Morgan fingerprint density at radius 3 is 2.67 bits per heavy atom. The fourth-order valence-corrected chi connectivity index (χ4v) is 3.11. The Balaban J connectivity index is 1.89. The van der Waals surface area contributed by atoms with Gasteiger partial charge in [-0.25, -0.2) is 4.98 Å². The molecule has 3 nitrogen and oxygen atoms in total. The van der Waals surface area contributed by atoms with Gasteiger partial charge < -0.3 is 4.98 Å². The molecule has 0 saturated carbocycles. The molecule has 0 bridgehead atoms. The van der Waals surface area contributed by atoms with E-state index in [2.05, 4.69) is 22.1 Å². The number of para-hydroxylation sites is 2. The Bertz CT molecular complexity index is 880. The van der Waals surface area contributed by atoms with Crippen molar-refractivity contribution in [2.45, 2.75) is 25.7 Å². The van der Waals surface area contributed by atoms with Crippen molar-refractivity contribution in [2.24, 2.45) is 0 Å². The van der Waals surface area contributed by atoms with E-state index in [9.17, 15) is 4.79 Å². The first kappa shape index (κ1) is 12.3. The first-order valence-corrected chi connectivity index (χ1v) is 7.42. The van der Waals surface area contributed by atoms with Crippen LogP contribution in [0.5, 0.6) is 0 Å². The van der Waals surface area contributed by atoms with Gasteiger partial charge in [0.15, 0.2) is 0 Å². The van der Waals surface area contributed by atoms with Crippen LogP contribution in [-0.4, -0.2) is 9.97 Å². The average molecular weight is 276 g/mol. The predicted octanol–water partition coefficient (Wildman–Crippen LogP) is 3.47. The van der Waals surface area contributed by atoms with Gasteiger partial charge in [-0.3, -0.25) is 4.79 Å². The molecular weight excluding hydrogens is 260 g/mol. The van der Waals surface area contributed by atoms with Crippen molar-refractivity contribution in [1.82, 2.24) is 9.97 Å². The van der Waals surface area contributed by atoms with E-state index < -0.39 is 0 Å². The van der Waals surface area contributed by atoms with E-state index in [-0.39, 0.29) is 5.56 Å². The molecule has 1 N–H and O–H groups in total. The largest absolute Gasteiger partial charge is 0.319 e. The van der Waals surface area contributed by atoms with Crippen LogP contribution in [0.1, 0.15) is 24.0 Å². The van der Waals surface area contributed by atoms with Crippen molar-refractivity contribution >= 4 is 11.0 Å². The van der Waals surface area contributed by atoms with Crippen LogP contribution in [0.2, 0.25) is 0 Å². The van der Waals surface area contributed by atoms with Crippen LogP contribution in [0.3, 0.4) is 0 Å². The molecule has 4 rings (SSSR count). The molecule has 3 aromatic rings. The molecule has 0 spiro atoms. The van der Waals surface area contributed by atoms with Gasteiger partial charge in [0.25, 0.3) is 5.56 Å². The molecule has 21 heavy (non-hydrogen) atoms. The van der Waals surface area contributed by atoms with E-state index in [1.54, 1.807) is 0 Å². The van der Waals surface area contributed by atoms with E-state index in [0.29, 0.717) is 5.69 Å². The first-order valence-electron chi connectivity index (χ1n) is 7.42. The molecule has 0 unspecified atom stereocenters. The highest BCUT2D eigenvalue weighted by molar-refractivity contribution is 5.77. The summed E-state index contributed by atoms with van der Waals surface area (Å²) in [7, 11) is 0. The zero-order valence-corrected chi connectivity index (χ0v) is 11.7. The number of fused-ring (bicyclic) bond motifs is 2. The summed E-state index contributed by atoms with van der Waals surface area (Å²) in [5, 5.41) is 0.